The number of fused-ring (bicyclic) bond motifs is 14. The molecule has 64 heavy (non-hydrogen) atoms. The topological polar surface area (TPSA) is 58.4 Å². The van der Waals surface area contributed by atoms with Gasteiger partial charge in [0.05, 0.1) is 44.7 Å². The average Bonchev–Trinajstić information content (AvgIpc) is 4.10. The van der Waals surface area contributed by atoms with Crippen molar-refractivity contribution in [3.05, 3.63) is 194 Å². The lowest BCUT2D eigenvalue weighted by Gasteiger charge is -2.19. The largest absolute Gasteiger partial charge is 0.331 e. The van der Waals surface area contributed by atoms with Crippen LogP contribution in [0.25, 0.3) is 116 Å². The highest BCUT2D eigenvalue weighted by Gasteiger charge is 2.27. The zero-order valence-corrected chi connectivity index (χ0v) is 34.8. The van der Waals surface area contributed by atoms with E-state index in [4.69, 9.17) is 15.0 Å². The zero-order chi connectivity index (χ0) is 41.9. The molecule has 0 spiro atoms. The second kappa shape index (κ2) is 13.6. The smallest absolute Gasteiger partial charge is 0.240 e. The molecule has 0 radical (unpaired) electrons. The molecule has 5 heterocycles. The Labute approximate surface area is 367 Å². The molecule has 7 aromatic carbocycles. The van der Waals surface area contributed by atoms with Crippen LogP contribution >= 0.6 is 0 Å². The third kappa shape index (κ3) is 4.95. The fourth-order valence-electron chi connectivity index (χ4n) is 10.9. The van der Waals surface area contributed by atoms with Crippen molar-refractivity contribution in [3.63, 3.8) is 0 Å². The van der Waals surface area contributed by atoms with Gasteiger partial charge in [0.15, 0.2) is 5.82 Å². The lowest BCUT2D eigenvalue weighted by Crippen LogP contribution is -2.12. The van der Waals surface area contributed by atoms with Gasteiger partial charge >= 0.3 is 0 Å². The maximum Gasteiger partial charge on any atom is 0.240 e. The Bertz CT molecular complexity index is 4050. The van der Waals surface area contributed by atoms with Crippen LogP contribution in [0, 0.1) is 0 Å². The Morgan fingerprint density at radius 1 is 0.406 bits per heavy atom. The zero-order valence-electron chi connectivity index (χ0n) is 34.8. The highest BCUT2D eigenvalue weighted by Crippen LogP contribution is 2.44. The summed E-state index contributed by atoms with van der Waals surface area (Å²) in [5.74, 6) is 1.73. The number of hydrogen-bond donors (Lipinski definition) is 0. The summed E-state index contributed by atoms with van der Waals surface area (Å²) in [7, 11) is 0. The molecule has 0 aliphatic heterocycles. The van der Waals surface area contributed by atoms with Crippen molar-refractivity contribution in [2.24, 2.45) is 0 Å². The molecule has 0 saturated heterocycles. The maximum atomic E-state index is 5.68. The molecule has 12 aromatic rings. The predicted molar refractivity (Wildman–Crippen MR) is 265 cm³/mol. The molecule has 2 aliphatic carbocycles. The van der Waals surface area contributed by atoms with Crippen LogP contribution < -0.4 is 0 Å². The van der Waals surface area contributed by atoms with E-state index < -0.39 is 0 Å². The lowest BCUT2D eigenvalue weighted by atomic mass is 10.1. The van der Waals surface area contributed by atoms with Crippen molar-refractivity contribution in [2.45, 2.75) is 25.3 Å². The van der Waals surface area contributed by atoms with Crippen LogP contribution in [0.4, 0.5) is 0 Å². The number of rotatable bonds is 5. The van der Waals surface area contributed by atoms with Gasteiger partial charge in [0.1, 0.15) is 0 Å². The van der Waals surface area contributed by atoms with E-state index in [1.54, 1.807) is 0 Å². The second-order valence-electron chi connectivity index (χ2n) is 17.0. The fourth-order valence-corrected chi connectivity index (χ4v) is 10.9. The van der Waals surface area contributed by atoms with Gasteiger partial charge in [-0.05, 0) is 49.6 Å². The molecule has 1 unspecified atom stereocenters. The molecule has 1 atom stereocenters. The van der Waals surface area contributed by atoms with E-state index in [1.807, 2.05) is 6.07 Å². The summed E-state index contributed by atoms with van der Waals surface area (Å²) < 4.78 is 9.60. The summed E-state index contributed by atoms with van der Waals surface area (Å²) in [5, 5.41) is 9.43. The van der Waals surface area contributed by atoms with Gasteiger partial charge in [-0.3, -0.25) is 9.13 Å². The fraction of sp³-hybridized carbons (Fsp3) is 0.0702. The first-order valence-electron chi connectivity index (χ1n) is 22.2. The summed E-state index contributed by atoms with van der Waals surface area (Å²) in [6, 6.07) is 54.6. The van der Waals surface area contributed by atoms with Gasteiger partial charge in [0, 0.05) is 59.9 Å². The predicted octanol–water partition coefficient (Wildman–Crippen LogP) is 14.2. The molecule has 7 nitrogen and oxygen atoms in total. The number of nitrogens with zero attached hydrogens (tertiary/aromatic N) is 7. The summed E-state index contributed by atoms with van der Waals surface area (Å²) in [6.45, 7) is 0. The molecule has 302 valence electrons. The summed E-state index contributed by atoms with van der Waals surface area (Å²) >= 11 is 0. The van der Waals surface area contributed by atoms with Crippen molar-refractivity contribution in [2.75, 3.05) is 0 Å². The standard InChI is InChI=1S/C57H39N7/c1-4-18-36(19-5-1)55-58-56(63-49-30-16-12-26-41(49)45-34-32-43-39-24-10-14-28-47(39)61(51(43)53(45)63)37-20-6-2-7-21-37)60-57(59-55)64-50-31-17-13-27-42(50)46-35-33-44-40-25-11-15-29-48(40)62(52(44)54(46)64)38-22-8-3-9-23-38/h1-2,4-8,10-20,22-35,37H,3,9,21H2. The molecule has 0 fully saturated rings. The van der Waals surface area contributed by atoms with E-state index in [0.29, 0.717) is 17.7 Å². The molecule has 2 aliphatic rings. The van der Waals surface area contributed by atoms with Crippen molar-refractivity contribution in [3.8, 4) is 23.3 Å². The first-order chi connectivity index (χ1) is 31.8. The minimum Gasteiger partial charge on any atom is -0.331 e. The van der Waals surface area contributed by atoms with E-state index in [1.165, 1.54) is 43.8 Å². The molecule has 7 heteroatoms. The average molecular weight is 822 g/mol. The van der Waals surface area contributed by atoms with Gasteiger partial charge in [-0.15, -0.1) is 0 Å². The summed E-state index contributed by atoms with van der Waals surface area (Å²) in [5.41, 5.74) is 11.0. The number of para-hydroxylation sites is 4. The number of allylic oxidation sites excluding steroid dienone is 8. The molecular formula is C57H39N7. The Morgan fingerprint density at radius 3 is 1.47 bits per heavy atom. The highest BCUT2D eigenvalue weighted by atomic mass is 15.3. The van der Waals surface area contributed by atoms with Crippen LogP contribution in [-0.4, -0.2) is 33.2 Å². The van der Waals surface area contributed by atoms with Gasteiger partial charge in [0.25, 0.3) is 0 Å². The molecule has 5 aromatic heterocycles. The van der Waals surface area contributed by atoms with Gasteiger partial charge in [-0.2, -0.15) is 15.0 Å². The van der Waals surface area contributed by atoms with Crippen LogP contribution in [0.3, 0.4) is 0 Å². The van der Waals surface area contributed by atoms with E-state index in [0.717, 1.165) is 74.0 Å². The summed E-state index contributed by atoms with van der Waals surface area (Å²) in [6.07, 6.45) is 18.8. The molecule has 0 N–H and O–H groups in total. The van der Waals surface area contributed by atoms with Crippen LogP contribution in [0.15, 0.2) is 194 Å². The molecule has 0 saturated carbocycles. The van der Waals surface area contributed by atoms with Gasteiger partial charge in [-0.1, -0.05) is 164 Å². The van der Waals surface area contributed by atoms with Crippen LogP contribution in [0.5, 0.6) is 0 Å². The highest BCUT2D eigenvalue weighted by molar-refractivity contribution is 6.25. The summed E-state index contributed by atoms with van der Waals surface area (Å²) in [4.78, 5) is 16.6. The van der Waals surface area contributed by atoms with Crippen molar-refractivity contribution in [1.29, 1.82) is 0 Å². The monoisotopic (exact) mass is 821 g/mol. The van der Waals surface area contributed by atoms with Gasteiger partial charge in [0.2, 0.25) is 11.9 Å². The Kier molecular flexibility index (Phi) is 7.51. The van der Waals surface area contributed by atoms with Crippen molar-refractivity contribution < 1.29 is 0 Å². The van der Waals surface area contributed by atoms with Crippen LogP contribution in [0.2, 0.25) is 0 Å². The molecule has 14 rings (SSSR count). The van der Waals surface area contributed by atoms with E-state index in [9.17, 15) is 0 Å². The number of benzene rings is 7. The third-order valence-electron chi connectivity index (χ3n) is 13.5. The minimum atomic E-state index is 0.138. The SMILES string of the molecule is C1=CCC(n2c3ccccc3c3ccc4c5ccccc5n(-c5nc(-c6ccccc6)nc(-n6c7ccccc7c7ccc8c9ccccc9n(C9=CCCC=C9)c8c76)n5)c4c32)C=C1. The maximum absolute atomic E-state index is 5.68. The molecular weight excluding hydrogens is 783 g/mol. The van der Waals surface area contributed by atoms with E-state index in [-0.39, 0.29) is 6.04 Å². The Morgan fingerprint density at radius 2 is 0.906 bits per heavy atom. The Hall–Kier alpha value is -8.29. The first-order valence-corrected chi connectivity index (χ1v) is 22.2. The minimum absolute atomic E-state index is 0.138. The second-order valence-corrected chi connectivity index (χ2v) is 17.0. The number of aromatic nitrogens is 7. The molecule has 0 bridgehead atoms. The van der Waals surface area contributed by atoms with Crippen molar-refractivity contribution >= 4 is 92.9 Å². The Balaban J connectivity index is 1.16. The number of hydrogen-bond acceptors (Lipinski definition) is 3. The quantitative estimate of drug-likeness (QED) is 0.174. The normalized spacial score (nSPS) is 15.4. The van der Waals surface area contributed by atoms with E-state index >= 15 is 0 Å². The van der Waals surface area contributed by atoms with Crippen LogP contribution in [-0.2, 0) is 0 Å². The van der Waals surface area contributed by atoms with Crippen molar-refractivity contribution in [1.82, 2.24) is 33.2 Å². The first kappa shape index (κ1) is 35.3. The third-order valence-corrected chi connectivity index (χ3v) is 13.5. The lowest BCUT2D eigenvalue weighted by molar-refractivity contribution is 0.648. The van der Waals surface area contributed by atoms with Crippen LogP contribution in [0.1, 0.15) is 25.3 Å². The van der Waals surface area contributed by atoms with Gasteiger partial charge in [-0.25, -0.2) is 0 Å². The molecule has 0 amide bonds. The van der Waals surface area contributed by atoms with Gasteiger partial charge < -0.3 is 9.13 Å². The van der Waals surface area contributed by atoms with E-state index in [2.05, 4.69) is 206 Å².